The van der Waals surface area contributed by atoms with Gasteiger partial charge in [0.2, 0.25) is 5.76 Å². The van der Waals surface area contributed by atoms with Crippen LogP contribution in [0.2, 0.25) is 0 Å². The highest BCUT2D eigenvalue weighted by atomic mass is 16.4. The van der Waals surface area contributed by atoms with Crippen LogP contribution in [0.15, 0.2) is 16.5 Å². The second-order valence-electron chi connectivity index (χ2n) is 3.26. The van der Waals surface area contributed by atoms with E-state index in [-0.39, 0.29) is 11.8 Å². The number of nitrogens with two attached hydrogens (primary N) is 1. The van der Waals surface area contributed by atoms with E-state index in [1.807, 2.05) is 0 Å². The molecule has 0 aliphatic heterocycles. The van der Waals surface area contributed by atoms with Crippen LogP contribution in [0.4, 0.5) is 0 Å². The van der Waals surface area contributed by atoms with Gasteiger partial charge in [0.15, 0.2) is 0 Å². The maximum absolute atomic E-state index is 10.5. The number of carboxylic acids is 1. The third kappa shape index (κ3) is 2.60. The van der Waals surface area contributed by atoms with E-state index < -0.39 is 5.97 Å². The molecule has 78 valence electrons. The third-order valence-corrected chi connectivity index (χ3v) is 2.07. The normalized spacial score (nSPS) is 12.7. The van der Waals surface area contributed by atoms with Crippen molar-refractivity contribution < 1.29 is 14.3 Å². The van der Waals surface area contributed by atoms with Crippen molar-refractivity contribution in [1.29, 1.82) is 0 Å². The molecule has 0 amide bonds. The lowest BCUT2D eigenvalue weighted by Gasteiger charge is -2.06. The quantitative estimate of drug-likeness (QED) is 0.758. The molecule has 0 aliphatic rings. The number of carboxylic acid groups (broad SMARTS) is 1. The Morgan fingerprint density at radius 3 is 2.86 bits per heavy atom. The Bertz CT molecular complexity index is 306. The van der Waals surface area contributed by atoms with Crippen molar-refractivity contribution in [2.24, 2.45) is 5.73 Å². The molecule has 0 aliphatic carbocycles. The fraction of sp³-hybridized carbons (Fsp3) is 0.500. The standard InChI is InChI=1S/C10H15NO3/c1-2-3-4-7(11)8-5-6-9(14-8)10(12)13/h5-7H,2-4,11H2,1H3,(H,12,13). The Kier molecular flexibility index (Phi) is 3.71. The fourth-order valence-corrected chi connectivity index (χ4v) is 1.23. The van der Waals surface area contributed by atoms with Crippen LogP contribution < -0.4 is 5.73 Å². The van der Waals surface area contributed by atoms with Gasteiger partial charge in [-0.15, -0.1) is 0 Å². The van der Waals surface area contributed by atoms with Crippen LogP contribution in [-0.4, -0.2) is 11.1 Å². The van der Waals surface area contributed by atoms with E-state index in [4.69, 9.17) is 15.3 Å². The largest absolute Gasteiger partial charge is 0.475 e. The van der Waals surface area contributed by atoms with Crippen LogP contribution in [-0.2, 0) is 0 Å². The first-order valence-electron chi connectivity index (χ1n) is 4.73. The average Bonchev–Trinajstić information content (AvgIpc) is 2.62. The second kappa shape index (κ2) is 4.81. The minimum absolute atomic E-state index is 0.0491. The van der Waals surface area contributed by atoms with Crippen molar-refractivity contribution in [2.45, 2.75) is 32.2 Å². The maximum Gasteiger partial charge on any atom is 0.371 e. The topological polar surface area (TPSA) is 76.5 Å². The van der Waals surface area contributed by atoms with E-state index in [1.54, 1.807) is 6.07 Å². The second-order valence-corrected chi connectivity index (χ2v) is 3.26. The molecule has 0 bridgehead atoms. The minimum Gasteiger partial charge on any atom is -0.475 e. The Morgan fingerprint density at radius 1 is 1.64 bits per heavy atom. The molecule has 1 heterocycles. The van der Waals surface area contributed by atoms with E-state index in [2.05, 4.69) is 6.92 Å². The number of furan rings is 1. The Morgan fingerprint density at radius 2 is 2.36 bits per heavy atom. The summed E-state index contributed by atoms with van der Waals surface area (Å²) in [6.07, 6.45) is 2.91. The Hall–Kier alpha value is -1.29. The summed E-state index contributed by atoms with van der Waals surface area (Å²) in [6, 6.07) is 2.87. The summed E-state index contributed by atoms with van der Waals surface area (Å²) in [7, 11) is 0. The number of rotatable bonds is 5. The molecule has 3 N–H and O–H groups in total. The Labute approximate surface area is 82.7 Å². The summed E-state index contributed by atoms with van der Waals surface area (Å²) in [5, 5.41) is 8.62. The van der Waals surface area contributed by atoms with Crippen molar-refractivity contribution in [2.75, 3.05) is 0 Å². The first-order chi connectivity index (χ1) is 6.65. The molecule has 1 rings (SSSR count). The summed E-state index contributed by atoms with van der Waals surface area (Å²) in [6.45, 7) is 2.08. The smallest absolute Gasteiger partial charge is 0.371 e. The molecular weight excluding hydrogens is 182 g/mol. The molecule has 1 atom stereocenters. The van der Waals surface area contributed by atoms with Crippen LogP contribution in [0.25, 0.3) is 0 Å². The van der Waals surface area contributed by atoms with Gasteiger partial charge >= 0.3 is 5.97 Å². The zero-order chi connectivity index (χ0) is 10.6. The van der Waals surface area contributed by atoms with Gasteiger partial charge in [-0.3, -0.25) is 0 Å². The molecule has 0 saturated carbocycles. The number of carbonyl (C=O) groups is 1. The van der Waals surface area contributed by atoms with E-state index in [9.17, 15) is 4.79 Å². The van der Waals surface area contributed by atoms with Crippen LogP contribution >= 0.6 is 0 Å². The molecule has 1 unspecified atom stereocenters. The predicted octanol–water partition coefficient (Wildman–Crippen LogP) is 2.17. The van der Waals surface area contributed by atoms with E-state index in [1.165, 1.54) is 6.07 Å². The highest BCUT2D eigenvalue weighted by Crippen LogP contribution is 2.19. The molecule has 0 aromatic carbocycles. The lowest BCUT2D eigenvalue weighted by Crippen LogP contribution is -2.08. The van der Waals surface area contributed by atoms with E-state index in [0.29, 0.717) is 5.76 Å². The van der Waals surface area contributed by atoms with Gasteiger partial charge in [0.05, 0.1) is 6.04 Å². The molecule has 0 radical (unpaired) electrons. The third-order valence-electron chi connectivity index (χ3n) is 2.07. The van der Waals surface area contributed by atoms with Gasteiger partial charge in [0, 0.05) is 0 Å². The summed E-state index contributed by atoms with van der Waals surface area (Å²) in [5.41, 5.74) is 5.81. The highest BCUT2D eigenvalue weighted by Gasteiger charge is 2.13. The van der Waals surface area contributed by atoms with Gasteiger partial charge in [0.25, 0.3) is 0 Å². The van der Waals surface area contributed by atoms with Crippen molar-refractivity contribution >= 4 is 5.97 Å². The van der Waals surface area contributed by atoms with Crippen LogP contribution in [0, 0.1) is 0 Å². The summed E-state index contributed by atoms with van der Waals surface area (Å²) < 4.78 is 5.08. The van der Waals surface area contributed by atoms with Crippen molar-refractivity contribution in [1.82, 2.24) is 0 Å². The Balaban J connectivity index is 2.61. The lowest BCUT2D eigenvalue weighted by atomic mass is 10.1. The highest BCUT2D eigenvalue weighted by molar-refractivity contribution is 5.84. The molecule has 4 heteroatoms. The SMILES string of the molecule is CCCCC(N)c1ccc(C(=O)O)o1. The molecule has 1 aromatic heterocycles. The van der Waals surface area contributed by atoms with Gasteiger partial charge < -0.3 is 15.3 Å². The van der Waals surface area contributed by atoms with Crippen molar-refractivity contribution in [3.8, 4) is 0 Å². The number of hydrogen-bond donors (Lipinski definition) is 2. The number of aromatic carboxylic acids is 1. The van der Waals surface area contributed by atoms with Crippen molar-refractivity contribution in [3.63, 3.8) is 0 Å². The number of unbranched alkanes of at least 4 members (excludes halogenated alkanes) is 1. The lowest BCUT2D eigenvalue weighted by molar-refractivity contribution is 0.0659. The molecule has 0 saturated heterocycles. The molecular formula is C10H15NO3. The first kappa shape index (κ1) is 10.8. The van der Waals surface area contributed by atoms with Gasteiger partial charge in [-0.2, -0.15) is 0 Å². The van der Waals surface area contributed by atoms with Gasteiger partial charge in [-0.1, -0.05) is 19.8 Å². The molecule has 0 fully saturated rings. The zero-order valence-electron chi connectivity index (χ0n) is 8.19. The van der Waals surface area contributed by atoms with Crippen LogP contribution in [0.1, 0.15) is 48.5 Å². The fourth-order valence-electron chi connectivity index (χ4n) is 1.23. The zero-order valence-corrected chi connectivity index (χ0v) is 8.19. The van der Waals surface area contributed by atoms with Crippen LogP contribution in [0.3, 0.4) is 0 Å². The summed E-state index contributed by atoms with van der Waals surface area (Å²) in [5.74, 6) is -0.554. The summed E-state index contributed by atoms with van der Waals surface area (Å²) >= 11 is 0. The van der Waals surface area contributed by atoms with Gasteiger partial charge in [-0.05, 0) is 18.6 Å². The van der Waals surface area contributed by atoms with Gasteiger partial charge in [-0.25, -0.2) is 4.79 Å². The first-order valence-corrected chi connectivity index (χ1v) is 4.73. The van der Waals surface area contributed by atoms with E-state index in [0.717, 1.165) is 19.3 Å². The average molecular weight is 197 g/mol. The molecule has 4 nitrogen and oxygen atoms in total. The van der Waals surface area contributed by atoms with Gasteiger partial charge in [0.1, 0.15) is 5.76 Å². The predicted molar refractivity (Wildman–Crippen MR) is 52.1 cm³/mol. The van der Waals surface area contributed by atoms with Crippen LogP contribution in [0.5, 0.6) is 0 Å². The molecule has 1 aromatic rings. The van der Waals surface area contributed by atoms with E-state index >= 15 is 0 Å². The monoisotopic (exact) mass is 197 g/mol. The maximum atomic E-state index is 10.5. The summed E-state index contributed by atoms with van der Waals surface area (Å²) in [4.78, 5) is 10.5. The number of hydrogen-bond acceptors (Lipinski definition) is 3. The van der Waals surface area contributed by atoms with Crippen molar-refractivity contribution in [3.05, 3.63) is 23.7 Å². The minimum atomic E-state index is -1.06. The molecule has 14 heavy (non-hydrogen) atoms. The molecule has 0 spiro atoms.